The zero-order valence-corrected chi connectivity index (χ0v) is 10.5. The molecule has 1 saturated carbocycles. The zero-order chi connectivity index (χ0) is 11.7. The Bertz CT molecular complexity index is 400. The maximum absolute atomic E-state index is 4.56. The molecule has 0 saturated heterocycles. The van der Waals surface area contributed by atoms with Gasteiger partial charge in [-0.05, 0) is 33.6 Å². The van der Waals surface area contributed by atoms with Crippen molar-refractivity contribution in [1.29, 1.82) is 0 Å². The van der Waals surface area contributed by atoms with Crippen molar-refractivity contribution in [1.82, 2.24) is 15.1 Å². The highest BCUT2D eigenvalue weighted by molar-refractivity contribution is 5.25. The third-order valence-electron chi connectivity index (χ3n) is 3.10. The van der Waals surface area contributed by atoms with Crippen LogP contribution < -0.4 is 5.32 Å². The first-order chi connectivity index (χ1) is 7.58. The monoisotopic (exact) mass is 219 g/mol. The molecule has 1 N–H and O–H groups in total. The first kappa shape index (κ1) is 11.4. The molecule has 0 atom stereocenters. The fourth-order valence-electron chi connectivity index (χ4n) is 1.93. The largest absolute Gasteiger partial charge is 0.310 e. The van der Waals surface area contributed by atoms with Gasteiger partial charge in [0.25, 0.3) is 0 Å². The van der Waals surface area contributed by atoms with Gasteiger partial charge in [-0.25, -0.2) is 0 Å². The van der Waals surface area contributed by atoms with Gasteiger partial charge in [0.2, 0.25) is 0 Å². The molecule has 0 spiro atoms. The molecule has 1 heterocycles. The van der Waals surface area contributed by atoms with Gasteiger partial charge in [0.1, 0.15) is 0 Å². The fraction of sp³-hybridized carbons (Fsp3) is 0.615. The number of aromatic nitrogens is 2. The number of nitrogens with one attached hydrogen (secondary N) is 1. The molecule has 0 aromatic carbocycles. The number of allylic oxidation sites excluding steroid dienone is 1. The van der Waals surface area contributed by atoms with Gasteiger partial charge in [0.05, 0.1) is 12.2 Å². The maximum Gasteiger partial charge on any atom is 0.0641 e. The Hall–Kier alpha value is -1.09. The fourth-order valence-corrected chi connectivity index (χ4v) is 1.93. The van der Waals surface area contributed by atoms with Crippen molar-refractivity contribution in [3.05, 3.63) is 29.1 Å². The standard InChI is InChI=1S/C13H21N3/c1-9(2)8-16-11(4)13(10(3)15-16)7-14-12-5-6-12/h12,14H,1,5-8H2,2-4H3. The van der Waals surface area contributed by atoms with Gasteiger partial charge < -0.3 is 5.32 Å². The molecule has 1 aliphatic rings. The normalized spacial score (nSPS) is 15.4. The minimum Gasteiger partial charge on any atom is -0.310 e. The van der Waals surface area contributed by atoms with Gasteiger partial charge in [-0.1, -0.05) is 12.2 Å². The lowest BCUT2D eigenvalue weighted by atomic mass is 10.2. The van der Waals surface area contributed by atoms with Crippen LogP contribution >= 0.6 is 0 Å². The van der Waals surface area contributed by atoms with Crippen LogP contribution in [-0.4, -0.2) is 15.8 Å². The number of aryl methyl sites for hydroxylation is 1. The summed E-state index contributed by atoms with van der Waals surface area (Å²) >= 11 is 0. The summed E-state index contributed by atoms with van der Waals surface area (Å²) < 4.78 is 2.06. The van der Waals surface area contributed by atoms with Gasteiger partial charge in [-0.2, -0.15) is 5.10 Å². The highest BCUT2D eigenvalue weighted by Gasteiger charge is 2.21. The van der Waals surface area contributed by atoms with Crippen molar-refractivity contribution in [3.8, 4) is 0 Å². The van der Waals surface area contributed by atoms with Crippen LogP contribution in [0.1, 0.15) is 36.7 Å². The molecule has 16 heavy (non-hydrogen) atoms. The van der Waals surface area contributed by atoms with E-state index in [0.29, 0.717) is 0 Å². The molecule has 0 radical (unpaired) electrons. The Labute approximate surface area is 97.5 Å². The lowest BCUT2D eigenvalue weighted by molar-refractivity contribution is 0.646. The molecule has 0 bridgehead atoms. The summed E-state index contributed by atoms with van der Waals surface area (Å²) in [6, 6.07) is 0.753. The summed E-state index contributed by atoms with van der Waals surface area (Å²) in [7, 11) is 0. The number of rotatable bonds is 5. The SMILES string of the molecule is C=C(C)Cn1nc(C)c(CNC2CC2)c1C. The summed E-state index contributed by atoms with van der Waals surface area (Å²) in [6.45, 7) is 12.0. The number of hydrogen-bond donors (Lipinski definition) is 1. The molecule has 1 aromatic rings. The Morgan fingerprint density at radius 2 is 2.19 bits per heavy atom. The Morgan fingerprint density at radius 1 is 1.50 bits per heavy atom. The van der Waals surface area contributed by atoms with Crippen molar-refractivity contribution in [2.24, 2.45) is 0 Å². The van der Waals surface area contributed by atoms with Crippen LogP contribution in [-0.2, 0) is 13.1 Å². The lowest BCUT2D eigenvalue weighted by Crippen LogP contribution is -2.16. The van der Waals surface area contributed by atoms with Crippen LogP contribution in [0.25, 0.3) is 0 Å². The third kappa shape index (κ3) is 2.53. The van der Waals surface area contributed by atoms with Crippen molar-refractivity contribution >= 4 is 0 Å². The van der Waals surface area contributed by atoms with Gasteiger partial charge >= 0.3 is 0 Å². The second-order valence-corrected chi connectivity index (χ2v) is 4.92. The molecule has 1 aromatic heterocycles. The Kier molecular flexibility index (Phi) is 3.15. The van der Waals surface area contributed by atoms with Crippen molar-refractivity contribution in [3.63, 3.8) is 0 Å². The molecule has 1 aliphatic carbocycles. The number of nitrogens with zero attached hydrogens (tertiary/aromatic N) is 2. The van der Waals surface area contributed by atoms with E-state index in [9.17, 15) is 0 Å². The minimum absolute atomic E-state index is 0.753. The van der Waals surface area contributed by atoms with E-state index in [4.69, 9.17) is 0 Å². The van der Waals surface area contributed by atoms with E-state index < -0.39 is 0 Å². The molecule has 3 heteroatoms. The first-order valence-electron chi connectivity index (χ1n) is 5.98. The predicted molar refractivity (Wildman–Crippen MR) is 66.4 cm³/mol. The predicted octanol–water partition coefficient (Wildman–Crippen LogP) is 2.33. The summed E-state index contributed by atoms with van der Waals surface area (Å²) in [5.41, 5.74) is 4.92. The molecular formula is C13H21N3. The van der Waals surface area contributed by atoms with Crippen LogP contribution in [0, 0.1) is 13.8 Å². The van der Waals surface area contributed by atoms with Crippen LogP contribution in [0.5, 0.6) is 0 Å². The van der Waals surface area contributed by atoms with E-state index >= 15 is 0 Å². The van der Waals surface area contributed by atoms with Crippen molar-refractivity contribution < 1.29 is 0 Å². The van der Waals surface area contributed by atoms with E-state index in [0.717, 1.165) is 30.4 Å². The zero-order valence-electron chi connectivity index (χ0n) is 10.5. The molecule has 0 unspecified atom stereocenters. The van der Waals surface area contributed by atoms with E-state index in [1.807, 2.05) is 6.92 Å². The lowest BCUT2D eigenvalue weighted by Gasteiger charge is -2.05. The van der Waals surface area contributed by atoms with Crippen LogP contribution in [0.4, 0.5) is 0 Å². The third-order valence-corrected chi connectivity index (χ3v) is 3.10. The molecular weight excluding hydrogens is 198 g/mol. The first-order valence-corrected chi connectivity index (χ1v) is 5.98. The minimum atomic E-state index is 0.753. The summed E-state index contributed by atoms with van der Waals surface area (Å²) in [5, 5.41) is 8.11. The summed E-state index contributed by atoms with van der Waals surface area (Å²) in [5.74, 6) is 0. The molecule has 1 fully saturated rings. The van der Waals surface area contributed by atoms with Gasteiger partial charge in [-0.15, -0.1) is 0 Å². The van der Waals surface area contributed by atoms with Gasteiger partial charge in [0.15, 0.2) is 0 Å². The van der Waals surface area contributed by atoms with Crippen molar-refractivity contribution in [2.75, 3.05) is 0 Å². The smallest absolute Gasteiger partial charge is 0.0641 e. The van der Waals surface area contributed by atoms with Crippen LogP contribution in [0.3, 0.4) is 0 Å². The van der Waals surface area contributed by atoms with E-state index in [1.165, 1.54) is 24.1 Å². The number of hydrogen-bond acceptors (Lipinski definition) is 2. The Morgan fingerprint density at radius 3 is 2.75 bits per heavy atom. The molecule has 0 amide bonds. The van der Waals surface area contributed by atoms with E-state index in [-0.39, 0.29) is 0 Å². The molecule has 0 aliphatic heterocycles. The Balaban J connectivity index is 2.09. The molecule has 2 rings (SSSR count). The van der Waals surface area contributed by atoms with Crippen LogP contribution in [0.2, 0.25) is 0 Å². The maximum atomic E-state index is 4.56. The van der Waals surface area contributed by atoms with Crippen molar-refractivity contribution in [2.45, 2.75) is 52.7 Å². The highest BCUT2D eigenvalue weighted by Crippen LogP contribution is 2.21. The van der Waals surface area contributed by atoms with Crippen LogP contribution in [0.15, 0.2) is 12.2 Å². The molecule has 3 nitrogen and oxygen atoms in total. The highest BCUT2D eigenvalue weighted by atomic mass is 15.3. The van der Waals surface area contributed by atoms with E-state index in [1.54, 1.807) is 0 Å². The van der Waals surface area contributed by atoms with Gasteiger partial charge in [0, 0.05) is 23.8 Å². The average Bonchev–Trinajstić information content (AvgIpc) is 2.96. The summed E-state index contributed by atoms with van der Waals surface area (Å²) in [4.78, 5) is 0. The average molecular weight is 219 g/mol. The van der Waals surface area contributed by atoms with E-state index in [2.05, 4.69) is 35.5 Å². The second kappa shape index (κ2) is 4.42. The molecule has 88 valence electrons. The quantitative estimate of drug-likeness (QED) is 0.770. The van der Waals surface area contributed by atoms with Gasteiger partial charge in [-0.3, -0.25) is 4.68 Å². The summed E-state index contributed by atoms with van der Waals surface area (Å²) in [6.07, 6.45) is 2.66. The second-order valence-electron chi connectivity index (χ2n) is 4.92. The topological polar surface area (TPSA) is 29.9 Å².